The molecule has 1 amide bonds. The molecule has 1 aromatic carbocycles. The second-order valence-electron chi connectivity index (χ2n) is 5.44. The first-order valence-electron chi connectivity index (χ1n) is 6.84. The minimum atomic E-state index is -1.03. The molecule has 0 radical (unpaired) electrons. The standard InChI is InChI=1S/C17H14FNO3/c1-2-12(18)5-3-4-11-9-17(11)13-8-10(15(20)21)6-7-14(13)19-16(17)22/h2-8,11H,1,9H2,(H,19,22)(H,20,21). The number of aromatic carboxylic acids is 1. The Hall–Kier alpha value is -2.69. The zero-order chi connectivity index (χ0) is 15.9. The number of carbonyl (C=O) groups is 2. The van der Waals surface area contributed by atoms with Crippen LogP contribution in [0.5, 0.6) is 0 Å². The molecule has 3 rings (SSSR count). The lowest BCUT2D eigenvalue weighted by Gasteiger charge is -2.07. The van der Waals surface area contributed by atoms with Gasteiger partial charge >= 0.3 is 5.97 Å². The summed E-state index contributed by atoms with van der Waals surface area (Å²) in [6, 6.07) is 4.63. The number of allylic oxidation sites excluding steroid dienone is 5. The van der Waals surface area contributed by atoms with Crippen molar-refractivity contribution in [3.05, 3.63) is 66.0 Å². The topological polar surface area (TPSA) is 66.4 Å². The Morgan fingerprint density at radius 2 is 2.27 bits per heavy atom. The zero-order valence-corrected chi connectivity index (χ0v) is 11.7. The van der Waals surface area contributed by atoms with Crippen molar-refractivity contribution in [2.75, 3.05) is 5.32 Å². The number of benzene rings is 1. The number of carboxylic acid groups (broad SMARTS) is 1. The van der Waals surface area contributed by atoms with Crippen molar-refractivity contribution in [2.24, 2.45) is 5.92 Å². The van der Waals surface area contributed by atoms with E-state index < -0.39 is 17.2 Å². The number of amides is 1. The highest BCUT2D eigenvalue weighted by Gasteiger charge is 2.63. The van der Waals surface area contributed by atoms with Crippen molar-refractivity contribution in [1.82, 2.24) is 0 Å². The second-order valence-corrected chi connectivity index (χ2v) is 5.44. The Bertz CT molecular complexity index is 750. The third kappa shape index (κ3) is 2.06. The number of carboxylic acids is 1. The minimum Gasteiger partial charge on any atom is -0.478 e. The van der Waals surface area contributed by atoms with Crippen molar-refractivity contribution in [2.45, 2.75) is 11.8 Å². The molecule has 0 aromatic heterocycles. The van der Waals surface area contributed by atoms with Crippen LogP contribution >= 0.6 is 0 Å². The van der Waals surface area contributed by atoms with E-state index >= 15 is 0 Å². The van der Waals surface area contributed by atoms with Crippen LogP contribution in [0.2, 0.25) is 0 Å². The van der Waals surface area contributed by atoms with Gasteiger partial charge in [-0.05, 0) is 48.3 Å². The third-order valence-electron chi connectivity index (χ3n) is 4.21. The van der Waals surface area contributed by atoms with E-state index in [4.69, 9.17) is 5.11 Å². The predicted octanol–water partition coefficient (Wildman–Crippen LogP) is 3.19. The Morgan fingerprint density at radius 1 is 1.50 bits per heavy atom. The van der Waals surface area contributed by atoms with Crippen LogP contribution in [0, 0.1) is 5.92 Å². The number of hydrogen-bond acceptors (Lipinski definition) is 2. The van der Waals surface area contributed by atoms with Crippen molar-refractivity contribution in [3.8, 4) is 0 Å². The molecule has 4 nitrogen and oxygen atoms in total. The van der Waals surface area contributed by atoms with Gasteiger partial charge in [0, 0.05) is 5.69 Å². The number of hydrogen-bond donors (Lipinski definition) is 2. The normalized spacial score (nSPS) is 26.1. The molecular weight excluding hydrogens is 285 g/mol. The van der Waals surface area contributed by atoms with Crippen LogP contribution in [0.25, 0.3) is 0 Å². The molecule has 1 aliphatic carbocycles. The van der Waals surface area contributed by atoms with Gasteiger partial charge in [-0.2, -0.15) is 0 Å². The number of fused-ring (bicyclic) bond motifs is 2. The van der Waals surface area contributed by atoms with Gasteiger partial charge in [0.15, 0.2) is 0 Å². The molecule has 2 N–H and O–H groups in total. The van der Waals surface area contributed by atoms with Crippen LogP contribution in [0.4, 0.5) is 10.1 Å². The van der Waals surface area contributed by atoms with E-state index in [1.165, 1.54) is 12.1 Å². The van der Waals surface area contributed by atoms with Gasteiger partial charge in [0.05, 0.1) is 11.0 Å². The summed E-state index contributed by atoms with van der Waals surface area (Å²) in [5.74, 6) is -1.67. The van der Waals surface area contributed by atoms with Crippen molar-refractivity contribution in [3.63, 3.8) is 0 Å². The molecule has 1 aliphatic heterocycles. The number of nitrogens with one attached hydrogen (secondary N) is 1. The van der Waals surface area contributed by atoms with E-state index in [0.29, 0.717) is 17.7 Å². The monoisotopic (exact) mass is 299 g/mol. The van der Waals surface area contributed by atoms with Crippen molar-refractivity contribution >= 4 is 17.6 Å². The summed E-state index contributed by atoms with van der Waals surface area (Å²) in [4.78, 5) is 23.4. The molecule has 2 unspecified atom stereocenters. The molecule has 1 fully saturated rings. The molecule has 2 atom stereocenters. The lowest BCUT2D eigenvalue weighted by atomic mass is 9.93. The SMILES string of the molecule is C=CC(F)=CC=CC1CC12C(=O)Nc1ccc(C(=O)O)cc12. The average Bonchev–Trinajstić information content (AvgIpc) is 3.15. The molecule has 1 saturated carbocycles. The molecule has 0 bridgehead atoms. The number of rotatable bonds is 4. The summed E-state index contributed by atoms with van der Waals surface area (Å²) in [6.07, 6.45) is 6.30. The second kappa shape index (κ2) is 4.94. The number of anilines is 1. The third-order valence-corrected chi connectivity index (χ3v) is 4.21. The smallest absolute Gasteiger partial charge is 0.335 e. The maximum Gasteiger partial charge on any atom is 0.335 e. The molecule has 0 saturated heterocycles. The van der Waals surface area contributed by atoms with Crippen LogP contribution in [-0.4, -0.2) is 17.0 Å². The largest absolute Gasteiger partial charge is 0.478 e. The first-order chi connectivity index (χ1) is 10.5. The van der Waals surface area contributed by atoms with Gasteiger partial charge in [-0.3, -0.25) is 4.79 Å². The summed E-state index contributed by atoms with van der Waals surface area (Å²) in [5, 5.41) is 11.9. The summed E-state index contributed by atoms with van der Waals surface area (Å²) >= 11 is 0. The van der Waals surface area contributed by atoms with E-state index in [0.717, 1.165) is 6.08 Å². The van der Waals surface area contributed by atoms with Gasteiger partial charge in [0.25, 0.3) is 0 Å². The quantitative estimate of drug-likeness (QED) is 0.839. The van der Waals surface area contributed by atoms with Gasteiger partial charge in [-0.15, -0.1) is 0 Å². The number of halogens is 1. The van der Waals surface area contributed by atoms with Gasteiger partial charge in [0.1, 0.15) is 5.83 Å². The Morgan fingerprint density at radius 3 is 2.95 bits per heavy atom. The van der Waals surface area contributed by atoms with Crippen LogP contribution in [0.15, 0.2) is 54.9 Å². The van der Waals surface area contributed by atoms with E-state index in [1.54, 1.807) is 24.3 Å². The van der Waals surface area contributed by atoms with Crippen molar-refractivity contribution in [1.29, 1.82) is 0 Å². The summed E-state index contributed by atoms with van der Waals surface area (Å²) in [5.41, 5.74) is 0.802. The van der Waals surface area contributed by atoms with Crippen LogP contribution < -0.4 is 5.32 Å². The fraction of sp³-hybridized carbons (Fsp3) is 0.176. The molecule has 2 aliphatic rings. The van der Waals surface area contributed by atoms with Gasteiger partial charge in [-0.25, -0.2) is 9.18 Å². The maximum absolute atomic E-state index is 13.0. The van der Waals surface area contributed by atoms with Gasteiger partial charge in [0.2, 0.25) is 5.91 Å². The lowest BCUT2D eigenvalue weighted by Crippen LogP contribution is -2.21. The molecule has 5 heteroatoms. The molecule has 1 aromatic rings. The Kier molecular flexibility index (Phi) is 3.20. The maximum atomic E-state index is 13.0. The molecule has 1 heterocycles. The zero-order valence-electron chi connectivity index (χ0n) is 11.7. The highest BCUT2D eigenvalue weighted by molar-refractivity contribution is 6.09. The van der Waals surface area contributed by atoms with Crippen LogP contribution in [0.3, 0.4) is 0 Å². The highest BCUT2D eigenvalue weighted by Crippen LogP contribution is 2.60. The lowest BCUT2D eigenvalue weighted by molar-refractivity contribution is -0.118. The molecule has 112 valence electrons. The minimum absolute atomic E-state index is 0.0633. The first-order valence-corrected chi connectivity index (χ1v) is 6.84. The van der Waals surface area contributed by atoms with E-state index in [2.05, 4.69) is 11.9 Å². The Labute approximate surface area is 126 Å². The number of carbonyl (C=O) groups excluding carboxylic acids is 1. The summed E-state index contributed by atoms with van der Waals surface area (Å²) in [6.45, 7) is 3.32. The van der Waals surface area contributed by atoms with Crippen LogP contribution in [-0.2, 0) is 10.2 Å². The van der Waals surface area contributed by atoms with E-state index in [-0.39, 0.29) is 17.4 Å². The van der Waals surface area contributed by atoms with Gasteiger partial charge in [-0.1, -0.05) is 18.7 Å². The first kappa shape index (κ1) is 14.3. The molecular formula is C17H14FNO3. The predicted molar refractivity (Wildman–Crippen MR) is 80.3 cm³/mol. The molecule has 22 heavy (non-hydrogen) atoms. The van der Waals surface area contributed by atoms with E-state index in [1.807, 2.05) is 0 Å². The van der Waals surface area contributed by atoms with E-state index in [9.17, 15) is 14.0 Å². The molecule has 1 spiro atoms. The van der Waals surface area contributed by atoms with Crippen molar-refractivity contribution < 1.29 is 19.1 Å². The Balaban J connectivity index is 1.91. The summed E-state index contributed by atoms with van der Waals surface area (Å²) in [7, 11) is 0. The summed E-state index contributed by atoms with van der Waals surface area (Å²) < 4.78 is 13.0. The van der Waals surface area contributed by atoms with Gasteiger partial charge < -0.3 is 10.4 Å². The highest BCUT2D eigenvalue weighted by atomic mass is 19.1. The fourth-order valence-electron chi connectivity index (χ4n) is 2.95. The average molecular weight is 299 g/mol. The fourth-order valence-corrected chi connectivity index (χ4v) is 2.95. The van der Waals surface area contributed by atoms with Crippen LogP contribution in [0.1, 0.15) is 22.3 Å².